The number of ether oxygens (including phenoxy) is 2. The van der Waals surface area contributed by atoms with Crippen molar-refractivity contribution in [2.75, 3.05) is 27.1 Å². The SMILES string of the molecule is CCC(CC(CC(C)(C)C(=O)OC)C(=O)OCCCCO)C(=O)NCOS(=O)(=O)C1CCC(C)CC1. The van der Waals surface area contributed by atoms with Gasteiger partial charge in [-0.15, -0.1) is 0 Å². The molecule has 2 N–H and O–H groups in total. The molecule has 0 bridgehead atoms. The average Bonchev–Trinajstić information content (AvgIpc) is 2.83. The second-order valence-electron chi connectivity index (χ2n) is 10.4. The number of unbranched alkanes of at least 4 members (excludes halogenated alkanes) is 1. The van der Waals surface area contributed by atoms with E-state index in [1.807, 2.05) is 0 Å². The van der Waals surface area contributed by atoms with Crippen LogP contribution in [0.2, 0.25) is 0 Å². The number of hydrogen-bond acceptors (Lipinski definition) is 9. The monoisotopic (exact) mass is 535 g/mol. The number of hydrogen-bond donors (Lipinski definition) is 2. The van der Waals surface area contributed by atoms with Gasteiger partial charge in [-0.2, -0.15) is 8.42 Å². The second-order valence-corrected chi connectivity index (χ2v) is 12.3. The van der Waals surface area contributed by atoms with E-state index in [0.717, 1.165) is 12.8 Å². The van der Waals surface area contributed by atoms with Crippen LogP contribution in [-0.4, -0.2) is 63.7 Å². The summed E-state index contributed by atoms with van der Waals surface area (Å²) in [5.41, 5.74) is -0.979. The van der Waals surface area contributed by atoms with Crippen LogP contribution in [0, 0.1) is 23.2 Å². The molecule has 210 valence electrons. The number of nitrogens with one attached hydrogen (secondary N) is 1. The molecule has 0 saturated heterocycles. The van der Waals surface area contributed by atoms with Crippen molar-refractivity contribution in [1.29, 1.82) is 0 Å². The van der Waals surface area contributed by atoms with Gasteiger partial charge in [0.05, 0.1) is 30.3 Å². The fourth-order valence-corrected chi connectivity index (χ4v) is 5.75. The zero-order chi connectivity index (χ0) is 27.4. The first-order valence-corrected chi connectivity index (χ1v) is 14.4. The maximum atomic E-state index is 12.8. The molecule has 2 atom stereocenters. The van der Waals surface area contributed by atoms with Crippen LogP contribution in [0.5, 0.6) is 0 Å². The molecule has 11 heteroatoms. The van der Waals surface area contributed by atoms with Crippen molar-refractivity contribution in [3.05, 3.63) is 0 Å². The lowest BCUT2D eigenvalue weighted by molar-refractivity contribution is -0.156. The predicted molar refractivity (Wildman–Crippen MR) is 134 cm³/mol. The van der Waals surface area contributed by atoms with E-state index in [1.54, 1.807) is 20.8 Å². The van der Waals surface area contributed by atoms with Gasteiger partial charge in [0.1, 0.15) is 6.73 Å². The van der Waals surface area contributed by atoms with Crippen molar-refractivity contribution in [3.8, 4) is 0 Å². The summed E-state index contributed by atoms with van der Waals surface area (Å²) in [4.78, 5) is 37.9. The molecule has 1 aliphatic carbocycles. The van der Waals surface area contributed by atoms with Gasteiger partial charge in [-0.05, 0) is 77.6 Å². The fourth-order valence-electron chi connectivity index (χ4n) is 4.49. The van der Waals surface area contributed by atoms with Crippen LogP contribution in [0.15, 0.2) is 0 Å². The van der Waals surface area contributed by atoms with E-state index in [9.17, 15) is 22.8 Å². The van der Waals surface area contributed by atoms with Crippen molar-refractivity contribution in [2.45, 2.75) is 90.7 Å². The molecule has 1 rings (SSSR count). The van der Waals surface area contributed by atoms with Crippen molar-refractivity contribution in [2.24, 2.45) is 23.2 Å². The molecular weight excluding hydrogens is 490 g/mol. The Bertz CT molecular complexity index is 804. The summed E-state index contributed by atoms with van der Waals surface area (Å²) < 4.78 is 40.3. The van der Waals surface area contributed by atoms with Gasteiger partial charge in [-0.3, -0.25) is 14.4 Å². The lowest BCUT2D eigenvalue weighted by Crippen LogP contribution is -2.38. The number of aliphatic hydroxyl groups excluding tert-OH is 1. The molecule has 0 spiro atoms. The van der Waals surface area contributed by atoms with E-state index in [4.69, 9.17) is 18.8 Å². The highest BCUT2D eigenvalue weighted by molar-refractivity contribution is 7.87. The van der Waals surface area contributed by atoms with Gasteiger partial charge in [-0.1, -0.05) is 13.8 Å². The van der Waals surface area contributed by atoms with E-state index in [-0.39, 0.29) is 26.1 Å². The van der Waals surface area contributed by atoms with Crippen molar-refractivity contribution < 1.29 is 41.6 Å². The van der Waals surface area contributed by atoms with Crippen molar-refractivity contribution in [1.82, 2.24) is 5.32 Å². The quantitative estimate of drug-likeness (QED) is 0.132. The first kappa shape index (κ1) is 32.3. The van der Waals surface area contributed by atoms with Gasteiger partial charge in [0.25, 0.3) is 10.1 Å². The number of amides is 1. The standard InChI is InChI=1S/C25H45NO9S/c1-6-19(22(28)26-17-35-36(31,32)21-11-9-18(2)10-12-21)15-20(16-25(3,4)24(30)33-5)23(29)34-14-8-7-13-27/h18-21,27H,6-17H2,1-5H3,(H,26,28). The first-order chi connectivity index (χ1) is 16.9. The Morgan fingerprint density at radius 1 is 1.08 bits per heavy atom. The third kappa shape index (κ3) is 10.7. The number of rotatable bonds is 16. The second kappa shape index (κ2) is 15.5. The zero-order valence-corrected chi connectivity index (χ0v) is 23.2. The summed E-state index contributed by atoms with van der Waals surface area (Å²) >= 11 is 0. The lowest BCUT2D eigenvalue weighted by atomic mass is 9.78. The minimum absolute atomic E-state index is 0.00785. The Kier molecular flexibility index (Phi) is 13.9. The van der Waals surface area contributed by atoms with E-state index in [0.29, 0.717) is 38.0 Å². The number of aliphatic hydroxyl groups is 1. The smallest absolute Gasteiger partial charge is 0.311 e. The highest BCUT2D eigenvalue weighted by Crippen LogP contribution is 2.32. The van der Waals surface area contributed by atoms with Crippen LogP contribution in [0.4, 0.5) is 0 Å². The maximum absolute atomic E-state index is 12.8. The van der Waals surface area contributed by atoms with Gasteiger partial charge in [0, 0.05) is 12.5 Å². The molecule has 0 aliphatic heterocycles. The highest BCUT2D eigenvalue weighted by Gasteiger charge is 2.37. The van der Waals surface area contributed by atoms with Crippen LogP contribution in [-0.2, 0) is 38.2 Å². The Morgan fingerprint density at radius 3 is 2.28 bits per heavy atom. The van der Waals surface area contributed by atoms with Gasteiger partial charge in [0.15, 0.2) is 0 Å². The van der Waals surface area contributed by atoms with Crippen LogP contribution in [0.1, 0.15) is 85.5 Å². The lowest BCUT2D eigenvalue weighted by Gasteiger charge is -2.28. The van der Waals surface area contributed by atoms with E-state index >= 15 is 0 Å². The Balaban J connectivity index is 2.78. The topological polar surface area (TPSA) is 145 Å². The molecular formula is C25H45NO9S. The summed E-state index contributed by atoms with van der Waals surface area (Å²) in [6, 6.07) is 0. The summed E-state index contributed by atoms with van der Waals surface area (Å²) in [5, 5.41) is 10.9. The molecule has 36 heavy (non-hydrogen) atoms. The van der Waals surface area contributed by atoms with Crippen molar-refractivity contribution >= 4 is 28.0 Å². The summed E-state index contributed by atoms with van der Waals surface area (Å²) in [7, 11) is -2.51. The maximum Gasteiger partial charge on any atom is 0.311 e. The number of methoxy groups -OCH3 is 1. The fraction of sp³-hybridized carbons (Fsp3) is 0.880. The molecule has 1 amide bonds. The van der Waals surface area contributed by atoms with Crippen LogP contribution >= 0.6 is 0 Å². The Hall–Kier alpha value is -1.72. The van der Waals surface area contributed by atoms with E-state index in [2.05, 4.69) is 12.2 Å². The third-order valence-electron chi connectivity index (χ3n) is 6.90. The van der Waals surface area contributed by atoms with Gasteiger partial charge >= 0.3 is 11.9 Å². The molecule has 1 fully saturated rings. The molecule has 0 aromatic carbocycles. The Morgan fingerprint density at radius 2 is 1.72 bits per heavy atom. The van der Waals surface area contributed by atoms with Crippen LogP contribution in [0.25, 0.3) is 0 Å². The molecule has 10 nitrogen and oxygen atoms in total. The minimum Gasteiger partial charge on any atom is -0.469 e. The van der Waals surface area contributed by atoms with Gasteiger partial charge in [-0.25, -0.2) is 4.18 Å². The minimum atomic E-state index is -3.78. The normalized spacial score (nSPS) is 20.3. The summed E-state index contributed by atoms with van der Waals surface area (Å²) in [5.74, 6) is -2.30. The number of carbonyl (C=O) groups excluding carboxylic acids is 3. The molecule has 1 aliphatic rings. The predicted octanol–water partition coefficient (Wildman–Crippen LogP) is 2.92. The largest absolute Gasteiger partial charge is 0.469 e. The molecule has 0 radical (unpaired) electrons. The van der Waals surface area contributed by atoms with Gasteiger partial charge in [0.2, 0.25) is 5.91 Å². The van der Waals surface area contributed by atoms with E-state index in [1.165, 1.54) is 7.11 Å². The van der Waals surface area contributed by atoms with Crippen LogP contribution < -0.4 is 5.32 Å². The highest BCUT2D eigenvalue weighted by atomic mass is 32.2. The van der Waals surface area contributed by atoms with Gasteiger partial charge < -0.3 is 19.9 Å². The zero-order valence-electron chi connectivity index (χ0n) is 22.4. The number of carbonyl (C=O) groups is 3. The van der Waals surface area contributed by atoms with Crippen molar-refractivity contribution in [3.63, 3.8) is 0 Å². The van der Waals surface area contributed by atoms with Crippen LogP contribution in [0.3, 0.4) is 0 Å². The third-order valence-corrected chi connectivity index (χ3v) is 8.63. The molecule has 0 aromatic rings. The summed E-state index contributed by atoms with van der Waals surface area (Å²) in [6.45, 7) is 6.87. The molecule has 2 unspecified atom stereocenters. The number of esters is 2. The van der Waals surface area contributed by atoms with E-state index < -0.39 is 57.2 Å². The Labute approximate surface area is 215 Å². The molecule has 0 aromatic heterocycles. The molecule has 0 heterocycles. The average molecular weight is 536 g/mol. The molecule has 1 saturated carbocycles. The first-order valence-electron chi connectivity index (χ1n) is 12.9. The summed E-state index contributed by atoms with van der Waals surface area (Å²) in [6.07, 6.45) is 4.38.